The van der Waals surface area contributed by atoms with Gasteiger partial charge in [-0.05, 0) is 5.92 Å². The van der Waals surface area contributed by atoms with E-state index in [1.807, 2.05) is 13.8 Å². The van der Waals surface area contributed by atoms with Crippen molar-refractivity contribution in [2.45, 2.75) is 26.2 Å². The maximum Gasteiger partial charge on any atom is 0.263 e. The third-order valence-electron chi connectivity index (χ3n) is 2.79. The SMILES string of the molecule is CC(C)c1cc(=O)[nH]c(-c2ccc(C(F)F)cc2)n1. The average Bonchev–Trinajstić information content (AvgIpc) is 2.38. The van der Waals surface area contributed by atoms with Gasteiger partial charge in [-0.1, -0.05) is 38.1 Å². The summed E-state index contributed by atoms with van der Waals surface area (Å²) < 4.78 is 24.9. The van der Waals surface area contributed by atoms with Gasteiger partial charge in [-0.25, -0.2) is 13.8 Å². The third-order valence-corrected chi connectivity index (χ3v) is 2.79. The Kier molecular flexibility index (Phi) is 3.74. The van der Waals surface area contributed by atoms with Crippen molar-refractivity contribution in [1.29, 1.82) is 0 Å². The first kappa shape index (κ1) is 13.4. The number of aromatic nitrogens is 2. The number of nitrogens with zero attached hydrogens (tertiary/aromatic N) is 1. The van der Waals surface area contributed by atoms with Gasteiger partial charge in [-0.15, -0.1) is 0 Å². The van der Waals surface area contributed by atoms with Gasteiger partial charge < -0.3 is 4.98 Å². The Balaban J connectivity index is 2.44. The molecule has 0 fully saturated rings. The van der Waals surface area contributed by atoms with Gasteiger partial charge in [0.05, 0.1) is 5.69 Å². The van der Waals surface area contributed by atoms with E-state index >= 15 is 0 Å². The van der Waals surface area contributed by atoms with Crippen molar-refractivity contribution >= 4 is 0 Å². The Hall–Kier alpha value is -2.04. The summed E-state index contributed by atoms with van der Waals surface area (Å²) in [5.41, 5.74) is 0.999. The van der Waals surface area contributed by atoms with Crippen LogP contribution in [0.3, 0.4) is 0 Å². The van der Waals surface area contributed by atoms with Crippen LogP contribution in [0.15, 0.2) is 35.1 Å². The lowest BCUT2D eigenvalue weighted by molar-refractivity contribution is 0.151. The van der Waals surface area contributed by atoms with Crippen molar-refractivity contribution in [1.82, 2.24) is 9.97 Å². The summed E-state index contributed by atoms with van der Waals surface area (Å²) in [6.45, 7) is 3.87. The number of halogens is 2. The molecule has 0 unspecified atom stereocenters. The molecule has 0 bridgehead atoms. The van der Waals surface area contributed by atoms with Crippen LogP contribution in [0.5, 0.6) is 0 Å². The summed E-state index contributed by atoms with van der Waals surface area (Å²) in [7, 11) is 0. The molecule has 1 aromatic carbocycles. The van der Waals surface area contributed by atoms with E-state index in [9.17, 15) is 13.6 Å². The monoisotopic (exact) mass is 264 g/mol. The first-order valence-electron chi connectivity index (χ1n) is 5.97. The van der Waals surface area contributed by atoms with Crippen LogP contribution >= 0.6 is 0 Å². The molecule has 1 N–H and O–H groups in total. The van der Waals surface area contributed by atoms with Crippen molar-refractivity contribution in [2.24, 2.45) is 0 Å². The summed E-state index contributed by atoms with van der Waals surface area (Å²) >= 11 is 0. The zero-order chi connectivity index (χ0) is 14.0. The standard InChI is InChI=1S/C14H14F2N2O/c1-8(2)11-7-12(19)18-14(17-11)10-5-3-9(4-6-10)13(15)16/h3-8,13H,1-2H3,(H,17,18,19). The first-order chi connectivity index (χ1) is 8.97. The molecule has 0 aliphatic rings. The van der Waals surface area contributed by atoms with Gasteiger partial charge in [0.1, 0.15) is 5.82 Å². The molecule has 1 heterocycles. The zero-order valence-corrected chi connectivity index (χ0v) is 10.7. The fourth-order valence-electron chi connectivity index (χ4n) is 1.70. The molecule has 0 aliphatic carbocycles. The van der Waals surface area contributed by atoms with Crippen LogP contribution in [0.1, 0.15) is 37.4 Å². The quantitative estimate of drug-likeness (QED) is 0.922. The predicted octanol–water partition coefficient (Wildman–Crippen LogP) is 3.50. The Morgan fingerprint density at radius 3 is 2.32 bits per heavy atom. The second-order valence-electron chi connectivity index (χ2n) is 4.60. The third kappa shape index (κ3) is 3.05. The van der Waals surface area contributed by atoms with Gasteiger partial charge >= 0.3 is 0 Å². The van der Waals surface area contributed by atoms with E-state index in [1.54, 1.807) is 0 Å². The van der Waals surface area contributed by atoms with E-state index in [-0.39, 0.29) is 17.0 Å². The highest BCUT2D eigenvalue weighted by atomic mass is 19.3. The molecule has 0 spiro atoms. The van der Waals surface area contributed by atoms with Crippen LogP contribution in [-0.2, 0) is 0 Å². The van der Waals surface area contributed by atoms with Crippen molar-refractivity contribution in [3.63, 3.8) is 0 Å². The van der Waals surface area contributed by atoms with E-state index in [2.05, 4.69) is 9.97 Å². The maximum atomic E-state index is 12.5. The van der Waals surface area contributed by atoms with Crippen molar-refractivity contribution in [3.8, 4) is 11.4 Å². The largest absolute Gasteiger partial charge is 0.307 e. The molecule has 0 saturated heterocycles. The number of alkyl halides is 2. The molecule has 1 aromatic heterocycles. The molecule has 0 atom stereocenters. The lowest BCUT2D eigenvalue weighted by atomic mass is 10.1. The van der Waals surface area contributed by atoms with E-state index in [0.29, 0.717) is 17.1 Å². The van der Waals surface area contributed by atoms with E-state index in [4.69, 9.17) is 0 Å². The van der Waals surface area contributed by atoms with Crippen LogP contribution in [0.4, 0.5) is 8.78 Å². The molecule has 5 heteroatoms. The van der Waals surface area contributed by atoms with E-state index < -0.39 is 6.43 Å². The Bertz CT molecular complexity index is 618. The van der Waals surface area contributed by atoms with E-state index in [1.165, 1.54) is 30.3 Å². The highest BCUT2D eigenvalue weighted by molar-refractivity contribution is 5.55. The number of aromatic amines is 1. The normalized spacial score (nSPS) is 11.3. The predicted molar refractivity (Wildman–Crippen MR) is 69.3 cm³/mol. The second-order valence-corrected chi connectivity index (χ2v) is 4.60. The molecule has 0 amide bonds. The molecule has 3 nitrogen and oxygen atoms in total. The zero-order valence-electron chi connectivity index (χ0n) is 10.7. The molecule has 0 radical (unpaired) electrons. The summed E-state index contributed by atoms with van der Waals surface area (Å²) in [4.78, 5) is 18.5. The lowest BCUT2D eigenvalue weighted by Crippen LogP contribution is -2.11. The fourth-order valence-corrected chi connectivity index (χ4v) is 1.70. The summed E-state index contributed by atoms with van der Waals surface area (Å²) in [6.07, 6.45) is -2.50. The van der Waals surface area contributed by atoms with Gasteiger partial charge in [0.2, 0.25) is 0 Å². The van der Waals surface area contributed by atoms with Crippen molar-refractivity contribution < 1.29 is 8.78 Å². The highest BCUT2D eigenvalue weighted by Crippen LogP contribution is 2.22. The molecule has 19 heavy (non-hydrogen) atoms. The average molecular weight is 264 g/mol. The van der Waals surface area contributed by atoms with Crippen molar-refractivity contribution in [3.05, 3.63) is 51.9 Å². The van der Waals surface area contributed by atoms with Gasteiger partial charge in [-0.3, -0.25) is 4.79 Å². The Morgan fingerprint density at radius 2 is 1.79 bits per heavy atom. The second kappa shape index (κ2) is 5.30. The van der Waals surface area contributed by atoms with Crippen LogP contribution in [0, 0.1) is 0 Å². The number of benzene rings is 1. The van der Waals surface area contributed by atoms with Crippen LogP contribution < -0.4 is 5.56 Å². The fraction of sp³-hybridized carbons (Fsp3) is 0.286. The van der Waals surface area contributed by atoms with Gasteiger partial charge in [0.25, 0.3) is 12.0 Å². The molecular formula is C14H14F2N2O. The summed E-state index contributed by atoms with van der Waals surface area (Å²) in [6, 6.07) is 7.18. The molecule has 0 aliphatic heterocycles. The van der Waals surface area contributed by atoms with Gasteiger partial charge in [0.15, 0.2) is 0 Å². The Labute approximate surface area is 109 Å². The molecule has 100 valence electrons. The molecule has 2 aromatic rings. The van der Waals surface area contributed by atoms with Crippen LogP contribution in [0.2, 0.25) is 0 Å². The minimum Gasteiger partial charge on any atom is -0.307 e. The lowest BCUT2D eigenvalue weighted by Gasteiger charge is -2.07. The number of nitrogens with one attached hydrogen (secondary N) is 1. The summed E-state index contributed by atoms with van der Waals surface area (Å²) in [5.74, 6) is 0.526. The number of H-pyrrole nitrogens is 1. The van der Waals surface area contributed by atoms with Crippen LogP contribution in [-0.4, -0.2) is 9.97 Å². The van der Waals surface area contributed by atoms with Gasteiger partial charge in [0, 0.05) is 17.2 Å². The summed E-state index contributed by atoms with van der Waals surface area (Å²) in [5, 5.41) is 0. The van der Waals surface area contributed by atoms with Gasteiger partial charge in [-0.2, -0.15) is 0 Å². The highest BCUT2D eigenvalue weighted by Gasteiger charge is 2.09. The molecular weight excluding hydrogens is 250 g/mol. The Morgan fingerprint density at radius 1 is 1.16 bits per heavy atom. The maximum absolute atomic E-state index is 12.5. The first-order valence-corrected chi connectivity index (χ1v) is 5.97. The molecule has 2 rings (SSSR count). The minimum atomic E-state index is -2.50. The van der Waals surface area contributed by atoms with E-state index in [0.717, 1.165) is 0 Å². The minimum absolute atomic E-state index is 0.0499. The smallest absolute Gasteiger partial charge is 0.263 e. The number of hydrogen-bond donors (Lipinski definition) is 1. The number of rotatable bonds is 3. The van der Waals surface area contributed by atoms with Crippen LogP contribution in [0.25, 0.3) is 11.4 Å². The topological polar surface area (TPSA) is 45.8 Å². The van der Waals surface area contributed by atoms with Crippen molar-refractivity contribution in [2.75, 3.05) is 0 Å². The molecule has 0 saturated carbocycles. The number of hydrogen-bond acceptors (Lipinski definition) is 2.